The van der Waals surface area contributed by atoms with Crippen molar-refractivity contribution in [3.8, 4) is 0 Å². The van der Waals surface area contributed by atoms with Gasteiger partial charge < -0.3 is 20.7 Å². The molecule has 136 valence electrons. The third-order valence-electron chi connectivity index (χ3n) is 3.96. The predicted molar refractivity (Wildman–Crippen MR) is 93.8 cm³/mol. The van der Waals surface area contributed by atoms with E-state index in [0.717, 1.165) is 38.8 Å². The van der Waals surface area contributed by atoms with Crippen molar-refractivity contribution < 1.29 is 14.3 Å². The lowest BCUT2D eigenvalue weighted by atomic mass is 9.88. The van der Waals surface area contributed by atoms with Crippen molar-refractivity contribution >= 4 is 24.2 Å². The highest BCUT2D eigenvalue weighted by Gasteiger charge is 2.22. The third-order valence-corrected chi connectivity index (χ3v) is 3.96. The summed E-state index contributed by atoms with van der Waals surface area (Å²) in [7, 11) is 1.66. The Kier molecular flexibility index (Phi) is 13.1. The Balaban J connectivity index is 0.00000484. The van der Waals surface area contributed by atoms with E-state index in [1.54, 1.807) is 7.11 Å². The Morgan fingerprint density at radius 3 is 2.48 bits per heavy atom. The predicted octanol–water partition coefficient (Wildman–Crippen LogP) is 1.24. The normalized spacial score (nSPS) is 16.3. The van der Waals surface area contributed by atoms with Gasteiger partial charge in [0.25, 0.3) is 0 Å². The monoisotopic (exact) mass is 349 g/mol. The molecule has 0 radical (unpaired) electrons. The van der Waals surface area contributed by atoms with Crippen molar-refractivity contribution in [3.63, 3.8) is 0 Å². The average molecular weight is 350 g/mol. The first-order chi connectivity index (χ1) is 10.6. The maximum Gasteiger partial charge on any atom is 0.223 e. The summed E-state index contributed by atoms with van der Waals surface area (Å²) < 4.78 is 4.92. The average Bonchev–Trinajstić information content (AvgIpc) is 2.51. The van der Waals surface area contributed by atoms with Crippen LogP contribution in [0.2, 0.25) is 0 Å². The number of carbonyl (C=O) groups excluding carboxylic acids is 2. The minimum atomic E-state index is -0.115. The van der Waals surface area contributed by atoms with Crippen LogP contribution < -0.4 is 16.0 Å². The van der Waals surface area contributed by atoms with E-state index in [0.29, 0.717) is 19.6 Å². The van der Waals surface area contributed by atoms with E-state index in [-0.39, 0.29) is 36.2 Å². The lowest BCUT2D eigenvalue weighted by molar-refractivity contribution is -0.127. The quantitative estimate of drug-likeness (QED) is 0.518. The van der Waals surface area contributed by atoms with Crippen LogP contribution in [0.1, 0.15) is 45.4 Å². The Morgan fingerprint density at radius 2 is 1.83 bits per heavy atom. The standard InChI is InChI=1S/C16H31N3O3.ClH/c1-13(19-16(21)14-6-4-3-5-7-14)12-15(20)18-9-8-17-10-11-22-2;/h13-14,17H,3-12H2,1-2H3,(H,18,20)(H,19,21);1H. The van der Waals surface area contributed by atoms with Crippen molar-refractivity contribution in [2.75, 3.05) is 33.4 Å². The van der Waals surface area contributed by atoms with Crippen molar-refractivity contribution in [2.45, 2.75) is 51.5 Å². The molecular formula is C16H32ClN3O3. The molecule has 3 N–H and O–H groups in total. The minimum absolute atomic E-state index is 0. The highest BCUT2D eigenvalue weighted by atomic mass is 35.5. The number of halogens is 1. The van der Waals surface area contributed by atoms with Crippen LogP contribution in [0.25, 0.3) is 0 Å². The summed E-state index contributed by atoms with van der Waals surface area (Å²) in [6.45, 7) is 4.64. The molecule has 1 rings (SSSR count). The van der Waals surface area contributed by atoms with Crippen molar-refractivity contribution in [1.29, 1.82) is 0 Å². The molecule has 1 aliphatic carbocycles. The molecule has 0 aromatic heterocycles. The molecule has 1 atom stereocenters. The van der Waals surface area contributed by atoms with Gasteiger partial charge in [0.05, 0.1) is 6.61 Å². The van der Waals surface area contributed by atoms with E-state index in [1.165, 1.54) is 6.42 Å². The molecule has 7 heteroatoms. The van der Waals surface area contributed by atoms with Gasteiger partial charge in [0.15, 0.2) is 0 Å². The molecule has 1 saturated carbocycles. The first kappa shape index (κ1) is 22.1. The van der Waals surface area contributed by atoms with Crippen LogP contribution >= 0.6 is 12.4 Å². The Labute approximate surface area is 145 Å². The van der Waals surface area contributed by atoms with Crippen LogP contribution in [0.15, 0.2) is 0 Å². The zero-order valence-corrected chi connectivity index (χ0v) is 15.2. The number of amides is 2. The van der Waals surface area contributed by atoms with Crippen LogP contribution in [-0.4, -0.2) is 51.2 Å². The van der Waals surface area contributed by atoms with Crippen LogP contribution in [0.5, 0.6) is 0 Å². The highest BCUT2D eigenvalue weighted by Crippen LogP contribution is 2.23. The maximum atomic E-state index is 12.1. The van der Waals surface area contributed by atoms with E-state index >= 15 is 0 Å². The van der Waals surface area contributed by atoms with E-state index in [4.69, 9.17) is 4.74 Å². The lowest BCUT2D eigenvalue weighted by Gasteiger charge is -2.23. The molecule has 0 aromatic rings. The highest BCUT2D eigenvalue weighted by molar-refractivity contribution is 5.85. The summed E-state index contributed by atoms with van der Waals surface area (Å²) in [5, 5.41) is 8.98. The molecule has 0 saturated heterocycles. The number of ether oxygens (including phenoxy) is 1. The van der Waals surface area contributed by atoms with Gasteiger partial charge in [-0.3, -0.25) is 9.59 Å². The molecular weight excluding hydrogens is 318 g/mol. The zero-order valence-electron chi connectivity index (χ0n) is 14.4. The van der Waals surface area contributed by atoms with Gasteiger partial charge in [-0.15, -0.1) is 12.4 Å². The van der Waals surface area contributed by atoms with Crippen LogP contribution in [-0.2, 0) is 14.3 Å². The fraction of sp³-hybridized carbons (Fsp3) is 0.875. The molecule has 6 nitrogen and oxygen atoms in total. The molecule has 0 aliphatic heterocycles. The van der Waals surface area contributed by atoms with E-state index in [9.17, 15) is 9.59 Å². The van der Waals surface area contributed by atoms with Crippen LogP contribution in [0.4, 0.5) is 0 Å². The number of hydrogen-bond donors (Lipinski definition) is 3. The summed E-state index contributed by atoms with van der Waals surface area (Å²) in [4.78, 5) is 23.9. The summed E-state index contributed by atoms with van der Waals surface area (Å²) in [5.74, 6) is 0.232. The second-order valence-corrected chi connectivity index (χ2v) is 6.04. The molecule has 0 bridgehead atoms. The van der Waals surface area contributed by atoms with Crippen LogP contribution in [0, 0.1) is 5.92 Å². The summed E-state index contributed by atoms with van der Waals surface area (Å²) in [5.41, 5.74) is 0. The van der Waals surface area contributed by atoms with Gasteiger partial charge in [-0.2, -0.15) is 0 Å². The molecule has 2 amide bonds. The summed E-state index contributed by atoms with van der Waals surface area (Å²) in [6.07, 6.45) is 5.82. The first-order valence-corrected chi connectivity index (χ1v) is 8.40. The van der Waals surface area contributed by atoms with Crippen molar-refractivity contribution in [3.05, 3.63) is 0 Å². The molecule has 1 unspecified atom stereocenters. The van der Waals surface area contributed by atoms with Gasteiger partial charge in [-0.05, 0) is 19.8 Å². The zero-order chi connectivity index (χ0) is 16.2. The summed E-state index contributed by atoms with van der Waals surface area (Å²) in [6, 6.07) is -0.115. The molecule has 0 spiro atoms. The van der Waals surface area contributed by atoms with E-state index in [2.05, 4.69) is 16.0 Å². The number of nitrogens with one attached hydrogen (secondary N) is 3. The number of methoxy groups -OCH3 is 1. The van der Waals surface area contributed by atoms with Gasteiger partial charge in [-0.1, -0.05) is 19.3 Å². The number of hydrogen-bond acceptors (Lipinski definition) is 4. The lowest BCUT2D eigenvalue weighted by Crippen LogP contribution is -2.41. The van der Waals surface area contributed by atoms with Crippen LogP contribution in [0.3, 0.4) is 0 Å². The largest absolute Gasteiger partial charge is 0.383 e. The first-order valence-electron chi connectivity index (χ1n) is 8.40. The topological polar surface area (TPSA) is 79.5 Å². The maximum absolute atomic E-state index is 12.1. The van der Waals surface area contributed by atoms with Gasteiger partial charge in [0.2, 0.25) is 11.8 Å². The second kappa shape index (κ2) is 13.6. The van der Waals surface area contributed by atoms with Crippen molar-refractivity contribution in [2.24, 2.45) is 5.92 Å². The Hall–Kier alpha value is -0.850. The molecule has 23 heavy (non-hydrogen) atoms. The molecule has 1 aliphatic rings. The van der Waals surface area contributed by atoms with E-state index < -0.39 is 0 Å². The smallest absolute Gasteiger partial charge is 0.223 e. The van der Waals surface area contributed by atoms with Gasteiger partial charge in [-0.25, -0.2) is 0 Å². The summed E-state index contributed by atoms with van der Waals surface area (Å²) >= 11 is 0. The van der Waals surface area contributed by atoms with Gasteiger partial charge >= 0.3 is 0 Å². The molecule has 1 fully saturated rings. The fourth-order valence-corrected chi connectivity index (χ4v) is 2.72. The molecule has 0 aromatic carbocycles. The second-order valence-electron chi connectivity index (χ2n) is 6.04. The van der Waals surface area contributed by atoms with Crippen molar-refractivity contribution in [1.82, 2.24) is 16.0 Å². The third kappa shape index (κ3) is 10.5. The van der Waals surface area contributed by atoms with Gasteiger partial charge in [0, 0.05) is 45.1 Å². The number of rotatable bonds is 10. The Bertz CT molecular complexity index is 337. The minimum Gasteiger partial charge on any atom is -0.383 e. The van der Waals surface area contributed by atoms with Gasteiger partial charge in [0.1, 0.15) is 0 Å². The van der Waals surface area contributed by atoms with E-state index in [1.807, 2.05) is 6.92 Å². The number of carbonyl (C=O) groups is 2. The Morgan fingerprint density at radius 1 is 1.13 bits per heavy atom. The fourth-order valence-electron chi connectivity index (χ4n) is 2.72. The molecule has 0 heterocycles. The SMILES string of the molecule is COCCNCCNC(=O)CC(C)NC(=O)C1CCCCC1.Cl.